The highest BCUT2D eigenvalue weighted by Crippen LogP contribution is 2.01. The van der Waals surface area contributed by atoms with Gasteiger partial charge in [-0.2, -0.15) is 0 Å². The number of unbranched alkanes of at least 4 members (excludes halogenated alkanes) is 2. The van der Waals surface area contributed by atoms with E-state index in [-0.39, 0.29) is 5.96 Å². The fourth-order valence-corrected chi connectivity index (χ4v) is 1.85. The lowest BCUT2D eigenvalue weighted by Crippen LogP contribution is -2.46. The van der Waals surface area contributed by atoms with Gasteiger partial charge in [0.1, 0.15) is 0 Å². The van der Waals surface area contributed by atoms with E-state index in [1.165, 1.54) is 6.42 Å². The van der Waals surface area contributed by atoms with Crippen molar-refractivity contribution in [2.75, 3.05) is 6.54 Å². The minimum Gasteiger partial charge on any atom is -0.370 e. The molecular weight excluding hydrogens is 258 g/mol. The predicted octanol–water partition coefficient (Wildman–Crippen LogP) is 1.84. The summed E-state index contributed by atoms with van der Waals surface area (Å²) >= 11 is 5.27. The number of thiocarbonyl (C=S) groups is 1. The van der Waals surface area contributed by atoms with Gasteiger partial charge in [-0.3, -0.25) is 15.3 Å². The van der Waals surface area contributed by atoms with Crippen molar-refractivity contribution >= 4 is 23.3 Å². The molecule has 0 saturated heterocycles. The molecule has 0 aliphatic heterocycles. The van der Waals surface area contributed by atoms with E-state index in [0.29, 0.717) is 11.7 Å². The lowest BCUT2D eigenvalue weighted by Gasteiger charge is -2.23. The fraction of sp³-hybridized carbons (Fsp3) is 0.462. The summed E-state index contributed by atoms with van der Waals surface area (Å²) in [5.41, 5.74) is 6.40. The molecule has 1 rings (SSSR count). The number of nitrogens with one attached hydrogen (secondary N) is 2. The van der Waals surface area contributed by atoms with E-state index in [1.807, 2.05) is 18.2 Å². The van der Waals surface area contributed by atoms with Crippen LogP contribution < -0.4 is 11.1 Å². The smallest absolute Gasteiger partial charge is 0.195 e. The first-order chi connectivity index (χ1) is 9.15. The lowest BCUT2D eigenvalue weighted by atomic mass is 10.2. The molecule has 6 heteroatoms. The maximum absolute atomic E-state index is 7.60. The van der Waals surface area contributed by atoms with Crippen molar-refractivity contribution in [3.05, 3.63) is 30.1 Å². The molecule has 0 aliphatic rings. The Labute approximate surface area is 119 Å². The van der Waals surface area contributed by atoms with Crippen LogP contribution in [0, 0.1) is 5.41 Å². The molecule has 0 bridgehead atoms. The molecule has 1 aromatic rings. The Bertz CT molecular complexity index is 407. The summed E-state index contributed by atoms with van der Waals surface area (Å²) in [5, 5.41) is 11.2. The Morgan fingerprint density at radius 3 is 2.84 bits per heavy atom. The van der Waals surface area contributed by atoms with Crippen LogP contribution in [0.1, 0.15) is 31.9 Å². The molecule has 5 nitrogen and oxygen atoms in total. The zero-order chi connectivity index (χ0) is 14.1. The third-order valence-electron chi connectivity index (χ3n) is 2.64. The van der Waals surface area contributed by atoms with Crippen molar-refractivity contribution in [3.8, 4) is 0 Å². The highest BCUT2D eigenvalue weighted by atomic mass is 32.1. The second-order valence-electron chi connectivity index (χ2n) is 4.23. The third kappa shape index (κ3) is 5.65. The molecule has 1 aromatic heterocycles. The lowest BCUT2D eigenvalue weighted by molar-refractivity contribution is 0.559. The van der Waals surface area contributed by atoms with Crippen molar-refractivity contribution in [1.29, 1.82) is 5.41 Å². The maximum atomic E-state index is 7.60. The number of hydrogen-bond donors (Lipinski definition) is 3. The van der Waals surface area contributed by atoms with Gasteiger partial charge in [0.05, 0.1) is 12.2 Å². The first kappa shape index (κ1) is 15.4. The highest BCUT2D eigenvalue weighted by molar-refractivity contribution is 7.80. The number of rotatable bonds is 6. The molecule has 0 fully saturated rings. The normalized spacial score (nSPS) is 9.95. The van der Waals surface area contributed by atoms with Crippen LogP contribution in [-0.2, 0) is 6.54 Å². The van der Waals surface area contributed by atoms with Crippen molar-refractivity contribution in [1.82, 2.24) is 15.2 Å². The Morgan fingerprint density at radius 2 is 2.26 bits per heavy atom. The molecule has 1 heterocycles. The van der Waals surface area contributed by atoms with E-state index >= 15 is 0 Å². The van der Waals surface area contributed by atoms with Crippen LogP contribution in [0.15, 0.2) is 24.4 Å². The van der Waals surface area contributed by atoms with Crippen LogP contribution in [0.25, 0.3) is 0 Å². The van der Waals surface area contributed by atoms with Gasteiger partial charge >= 0.3 is 0 Å². The molecule has 0 radical (unpaired) electrons. The van der Waals surface area contributed by atoms with Crippen molar-refractivity contribution in [2.24, 2.45) is 5.73 Å². The van der Waals surface area contributed by atoms with Gasteiger partial charge in [0, 0.05) is 12.7 Å². The van der Waals surface area contributed by atoms with Crippen LogP contribution in [0.4, 0.5) is 0 Å². The van der Waals surface area contributed by atoms with Gasteiger partial charge in [0.25, 0.3) is 0 Å². The first-order valence-corrected chi connectivity index (χ1v) is 6.85. The second-order valence-corrected chi connectivity index (χ2v) is 4.62. The van der Waals surface area contributed by atoms with Gasteiger partial charge in [-0.15, -0.1) is 0 Å². The van der Waals surface area contributed by atoms with Gasteiger partial charge in [-0.1, -0.05) is 25.8 Å². The van der Waals surface area contributed by atoms with Gasteiger partial charge in [0.15, 0.2) is 11.1 Å². The predicted molar refractivity (Wildman–Crippen MR) is 81.8 cm³/mol. The largest absolute Gasteiger partial charge is 0.370 e. The summed E-state index contributed by atoms with van der Waals surface area (Å²) < 4.78 is 0. The molecular formula is C13H21N5S. The quantitative estimate of drug-likeness (QED) is 0.320. The van der Waals surface area contributed by atoms with E-state index in [9.17, 15) is 0 Å². The number of nitrogens with two attached hydrogens (primary N) is 1. The fourth-order valence-electron chi connectivity index (χ4n) is 1.59. The van der Waals surface area contributed by atoms with Crippen LogP contribution in [0.3, 0.4) is 0 Å². The van der Waals surface area contributed by atoms with E-state index < -0.39 is 0 Å². The van der Waals surface area contributed by atoms with Crippen LogP contribution in [0.5, 0.6) is 0 Å². The summed E-state index contributed by atoms with van der Waals surface area (Å²) in [7, 11) is 0. The number of nitrogens with zero attached hydrogens (tertiary/aromatic N) is 2. The molecule has 4 N–H and O–H groups in total. The average Bonchev–Trinajstić information content (AvgIpc) is 2.41. The molecule has 0 aromatic carbocycles. The number of aromatic nitrogens is 1. The van der Waals surface area contributed by atoms with Crippen LogP contribution >= 0.6 is 12.2 Å². The van der Waals surface area contributed by atoms with E-state index in [1.54, 1.807) is 11.1 Å². The Kier molecular flexibility index (Phi) is 6.81. The van der Waals surface area contributed by atoms with Crippen LogP contribution in [0.2, 0.25) is 0 Å². The number of hydrogen-bond acceptors (Lipinski definition) is 3. The van der Waals surface area contributed by atoms with E-state index in [4.69, 9.17) is 23.4 Å². The number of guanidine groups is 1. The molecule has 0 unspecified atom stereocenters. The standard InChI is InChI=1S/C13H21N5S/c1-2-3-5-9-17-13(19)18(12(14)15)10-11-7-4-6-8-16-11/h4,6-8H,2-3,5,9-10H2,1H3,(H3,14,15)(H,17,19). The summed E-state index contributed by atoms with van der Waals surface area (Å²) in [6.45, 7) is 3.37. The van der Waals surface area contributed by atoms with Crippen LogP contribution in [-0.4, -0.2) is 27.5 Å². The first-order valence-electron chi connectivity index (χ1n) is 6.44. The minimum absolute atomic E-state index is 0.0707. The molecule has 0 spiro atoms. The zero-order valence-corrected chi connectivity index (χ0v) is 12.0. The van der Waals surface area contributed by atoms with E-state index in [2.05, 4.69) is 17.2 Å². The Morgan fingerprint density at radius 1 is 1.47 bits per heavy atom. The van der Waals surface area contributed by atoms with Crippen molar-refractivity contribution in [2.45, 2.75) is 32.7 Å². The molecule has 0 saturated carbocycles. The molecule has 19 heavy (non-hydrogen) atoms. The maximum Gasteiger partial charge on any atom is 0.195 e. The minimum atomic E-state index is -0.0707. The van der Waals surface area contributed by atoms with Crippen molar-refractivity contribution < 1.29 is 0 Å². The summed E-state index contributed by atoms with van der Waals surface area (Å²) in [5.74, 6) is -0.0707. The third-order valence-corrected chi connectivity index (χ3v) is 3.00. The summed E-state index contributed by atoms with van der Waals surface area (Å²) in [6, 6.07) is 5.64. The average molecular weight is 279 g/mol. The topological polar surface area (TPSA) is 78.0 Å². The SMILES string of the molecule is CCCCCNC(=S)N(Cc1ccccn1)C(=N)N. The zero-order valence-electron chi connectivity index (χ0n) is 11.2. The van der Waals surface area contributed by atoms with Gasteiger partial charge in [0.2, 0.25) is 0 Å². The molecule has 0 amide bonds. The van der Waals surface area contributed by atoms with Gasteiger partial charge < -0.3 is 11.1 Å². The molecule has 104 valence electrons. The second kappa shape index (κ2) is 8.42. The Hall–Kier alpha value is -1.69. The van der Waals surface area contributed by atoms with Gasteiger partial charge in [-0.25, -0.2) is 0 Å². The Balaban J connectivity index is 2.52. The summed E-state index contributed by atoms with van der Waals surface area (Å²) in [4.78, 5) is 5.76. The molecule has 0 atom stereocenters. The van der Waals surface area contributed by atoms with Gasteiger partial charge in [-0.05, 0) is 30.8 Å². The monoisotopic (exact) mass is 279 g/mol. The van der Waals surface area contributed by atoms with Crippen molar-refractivity contribution in [3.63, 3.8) is 0 Å². The summed E-state index contributed by atoms with van der Waals surface area (Å²) in [6.07, 6.45) is 5.10. The highest BCUT2D eigenvalue weighted by Gasteiger charge is 2.13. The molecule has 0 aliphatic carbocycles. The number of pyridine rings is 1. The van der Waals surface area contributed by atoms with E-state index in [0.717, 1.165) is 25.1 Å².